The lowest BCUT2D eigenvalue weighted by atomic mass is 10.1. The molecule has 29 heavy (non-hydrogen) atoms. The number of ether oxygens (including phenoxy) is 2. The average Bonchev–Trinajstić information content (AvgIpc) is 3.13. The molecule has 0 unspecified atom stereocenters. The molecule has 4 aromatic rings. The van der Waals surface area contributed by atoms with Crippen LogP contribution in [-0.4, -0.2) is 34.6 Å². The standard InChI is InChI=1S/C21H19FN4O3/c1-12-19-20(23-10-13-4-6-14(28-2)7-5-13)25-17-9-16(22)15(21(27)29-3)8-18(17)26(19)11-24-12/h4-9,11H,10H2,1-3H3,(H,23,25). The minimum Gasteiger partial charge on any atom is -0.497 e. The van der Waals surface area contributed by atoms with Crippen LogP contribution in [-0.2, 0) is 11.3 Å². The minimum atomic E-state index is -0.740. The van der Waals surface area contributed by atoms with Crippen LogP contribution in [0.15, 0.2) is 42.7 Å². The molecule has 148 valence electrons. The van der Waals surface area contributed by atoms with Crippen LogP contribution in [0, 0.1) is 12.7 Å². The molecular formula is C21H19FN4O3. The largest absolute Gasteiger partial charge is 0.497 e. The van der Waals surface area contributed by atoms with E-state index in [0.717, 1.165) is 22.5 Å². The van der Waals surface area contributed by atoms with Crippen molar-refractivity contribution < 1.29 is 18.7 Å². The number of methoxy groups -OCH3 is 2. The fraction of sp³-hybridized carbons (Fsp3) is 0.190. The van der Waals surface area contributed by atoms with Gasteiger partial charge in [-0.1, -0.05) is 12.1 Å². The topological polar surface area (TPSA) is 77.8 Å². The summed E-state index contributed by atoms with van der Waals surface area (Å²) in [5.41, 5.74) is 3.38. The molecule has 0 fully saturated rings. The Kier molecular flexibility index (Phi) is 4.75. The molecular weight excluding hydrogens is 375 g/mol. The molecule has 2 aromatic carbocycles. The fourth-order valence-electron chi connectivity index (χ4n) is 3.23. The molecule has 7 nitrogen and oxygen atoms in total. The van der Waals surface area contributed by atoms with E-state index in [-0.39, 0.29) is 5.56 Å². The fourth-order valence-corrected chi connectivity index (χ4v) is 3.23. The second kappa shape index (κ2) is 7.38. The maximum atomic E-state index is 14.4. The number of halogens is 1. The van der Waals surface area contributed by atoms with Gasteiger partial charge in [0, 0.05) is 12.6 Å². The SMILES string of the molecule is COC(=O)c1cc2c(cc1F)nc(NCc1ccc(OC)cc1)c1c(C)ncn12. The molecule has 0 saturated heterocycles. The van der Waals surface area contributed by atoms with Crippen LogP contribution >= 0.6 is 0 Å². The first kappa shape index (κ1) is 18.7. The van der Waals surface area contributed by atoms with Gasteiger partial charge in [0.25, 0.3) is 0 Å². The molecule has 1 N–H and O–H groups in total. The number of nitrogens with zero attached hydrogens (tertiary/aromatic N) is 3. The van der Waals surface area contributed by atoms with Crippen molar-refractivity contribution in [3.8, 4) is 5.75 Å². The van der Waals surface area contributed by atoms with Crippen LogP contribution in [0.25, 0.3) is 16.6 Å². The third-order valence-corrected chi connectivity index (χ3v) is 4.76. The van der Waals surface area contributed by atoms with Crippen molar-refractivity contribution in [2.75, 3.05) is 19.5 Å². The zero-order valence-corrected chi connectivity index (χ0v) is 16.2. The van der Waals surface area contributed by atoms with Gasteiger partial charge in [-0.3, -0.25) is 4.40 Å². The minimum absolute atomic E-state index is 0.145. The zero-order chi connectivity index (χ0) is 20.5. The van der Waals surface area contributed by atoms with Crippen LogP contribution in [0.3, 0.4) is 0 Å². The maximum Gasteiger partial charge on any atom is 0.340 e. The summed E-state index contributed by atoms with van der Waals surface area (Å²) in [6.45, 7) is 2.39. The van der Waals surface area contributed by atoms with Crippen LogP contribution in [0.1, 0.15) is 21.6 Å². The number of imidazole rings is 1. The summed E-state index contributed by atoms with van der Waals surface area (Å²) in [7, 11) is 2.84. The number of fused-ring (bicyclic) bond motifs is 3. The van der Waals surface area contributed by atoms with E-state index in [2.05, 4.69) is 20.0 Å². The molecule has 0 aliphatic rings. The van der Waals surface area contributed by atoms with Crippen LogP contribution in [0.4, 0.5) is 10.2 Å². The molecule has 2 heterocycles. The van der Waals surface area contributed by atoms with E-state index in [1.807, 2.05) is 31.2 Å². The Balaban J connectivity index is 1.78. The number of esters is 1. The van der Waals surface area contributed by atoms with E-state index in [1.165, 1.54) is 19.2 Å². The molecule has 0 amide bonds. The number of nitrogens with one attached hydrogen (secondary N) is 1. The highest BCUT2D eigenvalue weighted by Gasteiger charge is 2.18. The Bertz CT molecular complexity index is 1220. The highest BCUT2D eigenvalue weighted by atomic mass is 19.1. The summed E-state index contributed by atoms with van der Waals surface area (Å²) >= 11 is 0. The Morgan fingerprint density at radius 1 is 1.21 bits per heavy atom. The summed E-state index contributed by atoms with van der Waals surface area (Å²) in [5.74, 6) is -0.0673. The van der Waals surface area contributed by atoms with Crippen molar-refractivity contribution in [2.45, 2.75) is 13.5 Å². The van der Waals surface area contributed by atoms with Crippen LogP contribution < -0.4 is 10.1 Å². The van der Waals surface area contributed by atoms with Crippen molar-refractivity contribution in [3.63, 3.8) is 0 Å². The molecule has 0 aliphatic carbocycles. The van der Waals surface area contributed by atoms with Gasteiger partial charge in [0.15, 0.2) is 5.82 Å². The number of carbonyl (C=O) groups excluding carboxylic acids is 1. The van der Waals surface area contributed by atoms with Gasteiger partial charge in [0.1, 0.15) is 23.4 Å². The lowest BCUT2D eigenvalue weighted by molar-refractivity contribution is 0.0595. The van der Waals surface area contributed by atoms with Gasteiger partial charge in [-0.15, -0.1) is 0 Å². The molecule has 4 rings (SSSR count). The Hall–Kier alpha value is -3.68. The van der Waals surface area contributed by atoms with E-state index in [0.29, 0.717) is 23.4 Å². The van der Waals surface area contributed by atoms with E-state index >= 15 is 0 Å². The number of hydrogen-bond acceptors (Lipinski definition) is 6. The van der Waals surface area contributed by atoms with Crippen molar-refractivity contribution in [1.29, 1.82) is 0 Å². The van der Waals surface area contributed by atoms with Crippen molar-refractivity contribution >= 4 is 28.3 Å². The molecule has 8 heteroatoms. The predicted octanol–water partition coefficient (Wildman–Crippen LogP) is 3.74. The third kappa shape index (κ3) is 3.33. The second-order valence-corrected chi connectivity index (χ2v) is 6.52. The lowest BCUT2D eigenvalue weighted by Crippen LogP contribution is -2.08. The van der Waals surface area contributed by atoms with Crippen molar-refractivity contribution in [1.82, 2.24) is 14.4 Å². The van der Waals surface area contributed by atoms with Crippen molar-refractivity contribution in [3.05, 3.63) is 65.4 Å². The summed E-state index contributed by atoms with van der Waals surface area (Å²) in [5, 5.41) is 3.30. The van der Waals surface area contributed by atoms with Gasteiger partial charge < -0.3 is 14.8 Å². The molecule has 0 atom stereocenters. The highest BCUT2D eigenvalue weighted by molar-refractivity contribution is 5.95. The van der Waals surface area contributed by atoms with E-state index in [1.54, 1.807) is 17.8 Å². The normalized spacial score (nSPS) is 11.0. The number of aryl methyl sites for hydroxylation is 1. The monoisotopic (exact) mass is 394 g/mol. The van der Waals surface area contributed by atoms with Gasteiger partial charge >= 0.3 is 5.97 Å². The predicted molar refractivity (Wildman–Crippen MR) is 107 cm³/mol. The molecule has 0 aliphatic heterocycles. The number of rotatable bonds is 5. The Labute approximate surface area is 166 Å². The van der Waals surface area contributed by atoms with Gasteiger partial charge in [-0.25, -0.2) is 19.2 Å². The Morgan fingerprint density at radius 2 is 1.97 bits per heavy atom. The molecule has 0 bridgehead atoms. The molecule has 0 saturated carbocycles. The van der Waals surface area contributed by atoms with Gasteiger partial charge in [0.2, 0.25) is 0 Å². The van der Waals surface area contributed by atoms with Gasteiger partial charge in [-0.05, 0) is 30.7 Å². The molecule has 0 radical (unpaired) electrons. The van der Waals surface area contributed by atoms with Crippen LogP contribution in [0.5, 0.6) is 5.75 Å². The summed E-state index contributed by atoms with van der Waals surface area (Å²) < 4.78 is 26.1. The molecule has 0 spiro atoms. The second-order valence-electron chi connectivity index (χ2n) is 6.52. The summed E-state index contributed by atoms with van der Waals surface area (Å²) in [6, 6.07) is 10.3. The van der Waals surface area contributed by atoms with Gasteiger partial charge in [-0.2, -0.15) is 0 Å². The number of hydrogen-bond donors (Lipinski definition) is 1. The van der Waals surface area contributed by atoms with Crippen molar-refractivity contribution in [2.24, 2.45) is 0 Å². The Morgan fingerprint density at radius 3 is 2.66 bits per heavy atom. The number of carbonyl (C=O) groups is 1. The zero-order valence-electron chi connectivity index (χ0n) is 16.2. The smallest absolute Gasteiger partial charge is 0.340 e. The molecule has 2 aromatic heterocycles. The average molecular weight is 394 g/mol. The number of benzene rings is 2. The first-order chi connectivity index (χ1) is 14.0. The summed E-state index contributed by atoms with van der Waals surface area (Å²) in [6.07, 6.45) is 1.63. The third-order valence-electron chi connectivity index (χ3n) is 4.76. The summed E-state index contributed by atoms with van der Waals surface area (Å²) in [4.78, 5) is 20.8. The first-order valence-corrected chi connectivity index (χ1v) is 8.94. The van der Waals surface area contributed by atoms with Gasteiger partial charge in [0.05, 0.1) is 36.5 Å². The lowest BCUT2D eigenvalue weighted by Gasteiger charge is -2.12. The van der Waals surface area contributed by atoms with Crippen LogP contribution in [0.2, 0.25) is 0 Å². The van der Waals surface area contributed by atoms with E-state index < -0.39 is 11.8 Å². The van der Waals surface area contributed by atoms with E-state index in [9.17, 15) is 9.18 Å². The highest BCUT2D eigenvalue weighted by Crippen LogP contribution is 2.27. The number of anilines is 1. The quantitative estimate of drug-likeness (QED) is 0.520. The maximum absolute atomic E-state index is 14.4. The van der Waals surface area contributed by atoms with E-state index in [4.69, 9.17) is 4.74 Å². The first-order valence-electron chi connectivity index (χ1n) is 8.94. The number of aromatic nitrogens is 3.